The summed E-state index contributed by atoms with van der Waals surface area (Å²) >= 11 is 0. The molecule has 0 saturated carbocycles. The Labute approximate surface area is 125 Å². The van der Waals surface area contributed by atoms with Gasteiger partial charge in [0.05, 0.1) is 12.7 Å². The lowest BCUT2D eigenvalue weighted by molar-refractivity contribution is 0.358. The van der Waals surface area contributed by atoms with E-state index in [-0.39, 0.29) is 6.17 Å². The molecule has 0 spiro atoms. The van der Waals surface area contributed by atoms with Gasteiger partial charge in [-0.15, -0.1) is 0 Å². The zero-order chi connectivity index (χ0) is 14.6. The first-order valence-electron chi connectivity index (χ1n) is 8.46. The second-order valence-electron chi connectivity index (χ2n) is 5.77. The smallest absolute Gasteiger partial charge is 0.100 e. The van der Waals surface area contributed by atoms with Crippen molar-refractivity contribution in [3.63, 3.8) is 0 Å². The lowest BCUT2D eigenvalue weighted by atomic mass is 10.1. The number of allylic oxidation sites excluding steroid dienone is 2. The van der Waals surface area contributed by atoms with Crippen LogP contribution in [0.3, 0.4) is 0 Å². The fourth-order valence-electron chi connectivity index (χ4n) is 2.70. The molecule has 1 unspecified atom stereocenters. The molecule has 20 heavy (non-hydrogen) atoms. The molecule has 0 aliphatic carbocycles. The summed E-state index contributed by atoms with van der Waals surface area (Å²) in [6.07, 6.45) is 16.3. The highest BCUT2D eigenvalue weighted by Gasteiger charge is 2.18. The van der Waals surface area contributed by atoms with Gasteiger partial charge in [0.15, 0.2) is 0 Å². The molecular formula is C17H33N3. The third-order valence-electron chi connectivity index (χ3n) is 3.88. The van der Waals surface area contributed by atoms with Gasteiger partial charge in [-0.05, 0) is 32.6 Å². The van der Waals surface area contributed by atoms with Crippen molar-refractivity contribution in [2.24, 2.45) is 10.7 Å². The maximum Gasteiger partial charge on any atom is 0.100 e. The molecule has 1 heterocycles. The molecule has 1 aliphatic heterocycles. The number of nitrogens with two attached hydrogens (primary N) is 1. The van der Waals surface area contributed by atoms with Gasteiger partial charge in [-0.2, -0.15) is 0 Å². The lowest BCUT2D eigenvalue weighted by Crippen LogP contribution is -2.41. The largest absolute Gasteiger partial charge is 0.343 e. The van der Waals surface area contributed by atoms with Crippen LogP contribution < -0.4 is 5.73 Å². The van der Waals surface area contributed by atoms with E-state index in [0.29, 0.717) is 0 Å². The van der Waals surface area contributed by atoms with Crippen molar-refractivity contribution in [2.45, 2.75) is 77.8 Å². The number of rotatable bonds is 11. The fraction of sp³-hybridized carbons (Fsp3) is 0.824. The van der Waals surface area contributed by atoms with Crippen LogP contribution in [-0.4, -0.2) is 30.0 Å². The van der Waals surface area contributed by atoms with Gasteiger partial charge in [-0.1, -0.05) is 44.8 Å². The molecule has 116 valence electrons. The number of aliphatic imine (C=N–C) groups is 1. The second kappa shape index (κ2) is 10.9. The van der Waals surface area contributed by atoms with E-state index in [1.165, 1.54) is 57.2 Å². The summed E-state index contributed by atoms with van der Waals surface area (Å²) in [6.45, 7) is 6.19. The van der Waals surface area contributed by atoms with Crippen LogP contribution in [0.2, 0.25) is 0 Å². The zero-order valence-electron chi connectivity index (χ0n) is 13.5. The predicted octanol–water partition coefficient (Wildman–Crippen LogP) is 4.09. The first-order chi connectivity index (χ1) is 9.75. The van der Waals surface area contributed by atoms with Crippen LogP contribution in [0.1, 0.15) is 71.6 Å². The molecule has 0 aromatic carbocycles. The number of nitrogens with zero attached hydrogens (tertiary/aromatic N) is 2. The maximum atomic E-state index is 5.95. The molecule has 3 nitrogen and oxygen atoms in total. The van der Waals surface area contributed by atoms with Gasteiger partial charge in [0.1, 0.15) is 5.84 Å². The third-order valence-corrected chi connectivity index (χ3v) is 3.88. The Bertz CT molecular complexity index is 295. The van der Waals surface area contributed by atoms with E-state index in [1.54, 1.807) is 0 Å². The monoisotopic (exact) mass is 279 g/mol. The van der Waals surface area contributed by atoms with E-state index in [2.05, 4.69) is 29.0 Å². The highest BCUT2D eigenvalue weighted by molar-refractivity contribution is 5.83. The summed E-state index contributed by atoms with van der Waals surface area (Å²) in [6, 6.07) is 0. The highest BCUT2D eigenvalue weighted by Crippen LogP contribution is 2.13. The van der Waals surface area contributed by atoms with Crippen molar-refractivity contribution in [2.75, 3.05) is 13.1 Å². The van der Waals surface area contributed by atoms with Gasteiger partial charge in [0.2, 0.25) is 0 Å². The molecular weight excluding hydrogens is 246 g/mol. The summed E-state index contributed by atoms with van der Waals surface area (Å²) in [5.74, 6) is 1.24. The van der Waals surface area contributed by atoms with Gasteiger partial charge in [0, 0.05) is 13.0 Å². The summed E-state index contributed by atoms with van der Waals surface area (Å²) in [4.78, 5) is 6.82. The minimum atomic E-state index is 0.118. The van der Waals surface area contributed by atoms with E-state index in [1.807, 2.05) is 6.92 Å². The number of unbranched alkanes of at least 4 members (excludes halogenated alkanes) is 6. The maximum absolute atomic E-state index is 5.95. The number of amidine groups is 1. The average molecular weight is 279 g/mol. The van der Waals surface area contributed by atoms with Crippen LogP contribution in [0.5, 0.6) is 0 Å². The molecule has 0 amide bonds. The van der Waals surface area contributed by atoms with Gasteiger partial charge < -0.3 is 10.6 Å². The fourth-order valence-corrected chi connectivity index (χ4v) is 2.70. The minimum Gasteiger partial charge on any atom is -0.343 e. The summed E-state index contributed by atoms with van der Waals surface area (Å²) in [5.41, 5.74) is 5.95. The molecule has 0 bridgehead atoms. The summed E-state index contributed by atoms with van der Waals surface area (Å²) < 4.78 is 0. The first kappa shape index (κ1) is 17.2. The van der Waals surface area contributed by atoms with Crippen molar-refractivity contribution in [3.8, 4) is 0 Å². The second-order valence-corrected chi connectivity index (χ2v) is 5.77. The highest BCUT2D eigenvalue weighted by atomic mass is 15.3. The Hall–Kier alpha value is -0.830. The van der Waals surface area contributed by atoms with E-state index < -0.39 is 0 Å². The Kier molecular flexibility index (Phi) is 9.38. The first-order valence-corrected chi connectivity index (χ1v) is 8.46. The Morgan fingerprint density at radius 3 is 2.55 bits per heavy atom. The zero-order valence-corrected chi connectivity index (χ0v) is 13.5. The molecule has 1 rings (SSSR count). The predicted molar refractivity (Wildman–Crippen MR) is 89.0 cm³/mol. The number of hydrogen-bond acceptors (Lipinski definition) is 3. The SMILES string of the molecule is CC/C=C/CCCCCCCCC1=NCCN1C(C)N. The Balaban J connectivity index is 1.93. The Morgan fingerprint density at radius 2 is 1.85 bits per heavy atom. The molecule has 1 aliphatic rings. The van der Waals surface area contributed by atoms with Gasteiger partial charge in [-0.25, -0.2) is 0 Å². The molecule has 2 N–H and O–H groups in total. The van der Waals surface area contributed by atoms with Crippen LogP contribution in [-0.2, 0) is 0 Å². The normalized spacial score (nSPS) is 16.9. The standard InChI is InChI=1S/C17H33N3/c1-3-4-5-6-7-8-9-10-11-12-13-17-19-14-15-20(17)16(2)18/h4-5,16H,3,6-15,18H2,1-2H3/b5-4+. The summed E-state index contributed by atoms with van der Waals surface area (Å²) in [7, 11) is 0. The van der Waals surface area contributed by atoms with Gasteiger partial charge >= 0.3 is 0 Å². The lowest BCUT2D eigenvalue weighted by Gasteiger charge is -2.24. The average Bonchev–Trinajstić information content (AvgIpc) is 2.89. The van der Waals surface area contributed by atoms with Crippen molar-refractivity contribution in [3.05, 3.63) is 12.2 Å². The molecule has 0 aromatic rings. The molecule has 1 atom stereocenters. The Morgan fingerprint density at radius 1 is 1.15 bits per heavy atom. The van der Waals surface area contributed by atoms with Crippen molar-refractivity contribution >= 4 is 5.84 Å². The van der Waals surface area contributed by atoms with Crippen LogP contribution >= 0.6 is 0 Å². The third kappa shape index (κ3) is 7.09. The quantitative estimate of drug-likeness (QED) is 0.457. The van der Waals surface area contributed by atoms with Crippen molar-refractivity contribution in [1.29, 1.82) is 0 Å². The van der Waals surface area contributed by atoms with Crippen LogP contribution in [0, 0.1) is 0 Å². The van der Waals surface area contributed by atoms with E-state index in [0.717, 1.165) is 19.5 Å². The van der Waals surface area contributed by atoms with Gasteiger partial charge in [-0.3, -0.25) is 4.99 Å². The minimum absolute atomic E-state index is 0.118. The summed E-state index contributed by atoms with van der Waals surface area (Å²) in [5, 5.41) is 0. The van der Waals surface area contributed by atoms with E-state index >= 15 is 0 Å². The molecule has 0 fully saturated rings. The van der Waals surface area contributed by atoms with Crippen LogP contribution in [0.25, 0.3) is 0 Å². The van der Waals surface area contributed by atoms with Crippen molar-refractivity contribution in [1.82, 2.24) is 4.90 Å². The molecule has 0 saturated heterocycles. The van der Waals surface area contributed by atoms with Crippen LogP contribution in [0.4, 0.5) is 0 Å². The molecule has 3 heteroatoms. The van der Waals surface area contributed by atoms with Crippen molar-refractivity contribution < 1.29 is 0 Å². The topological polar surface area (TPSA) is 41.6 Å². The van der Waals surface area contributed by atoms with E-state index in [9.17, 15) is 0 Å². The number of hydrogen-bond donors (Lipinski definition) is 1. The molecule has 0 radical (unpaired) electrons. The van der Waals surface area contributed by atoms with E-state index in [4.69, 9.17) is 5.73 Å². The molecule has 0 aromatic heterocycles. The van der Waals surface area contributed by atoms with Gasteiger partial charge in [0.25, 0.3) is 0 Å². The van der Waals surface area contributed by atoms with Crippen LogP contribution in [0.15, 0.2) is 17.1 Å².